The van der Waals surface area contributed by atoms with Gasteiger partial charge in [-0.2, -0.15) is 13.2 Å². The maximum atomic E-state index is 14.5. The second-order valence-corrected chi connectivity index (χ2v) is 7.74. The zero-order valence-electron chi connectivity index (χ0n) is 17.0. The first-order chi connectivity index (χ1) is 14.8. The Balaban J connectivity index is 2.10. The van der Waals surface area contributed by atoms with Crippen LogP contribution in [0.2, 0.25) is 0 Å². The van der Waals surface area contributed by atoms with Crippen LogP contribution in [-0.2, 0) is 11.0 Å². The molecule has 0 unspecified atom stereocenters. The standard InChI is InChI=1S/C21H16F4N4O2S/c1-20(2)18(31)28(11-6-8-16(26-3)14(9-11)21(23,24)25)19(32)29(20)12-5-7-13(15(22)10-12)17(30)27-4/h5-10H,1-2,4H3,(H,27,30). The average Bonchev–Trinajstić information content (AvgIpc) is 2.90. The van der Waals surface area contributed by atoms with Crippen molar-refractivity contribution in [2.24, 2.45) is 0 Å². The molecule has 0 aromatic heterocycles. The van der Waals surface area contributed by atoms with Crippen LogP contribution in [0.1, 0.15) is 29.8 Å². The van der Waals surface area contributed by atoms with E-state index in [0.29, 0.717) is 6.07 Å². The summed E-state index contributed by atoms with van der Waals surface area (Å²) >= 11 is 5.39. The van der Waals surface area contributed by atoms with Crippen LogP contribution in [0.3, 0.4) is 0 Å². The molecular weight excluding hydrogens is 448 g/mol. The van der Waals surface area contributed by atoms with Crippen LogP contribution in [0.25, 0.3) is 4.85 Å². The molecule has 1 aliphatic rings. The summed E-state index contributed by atoms with van der Waals surface area (Å²) in [5.74, 6) is -2.14. The van der Waals surface area contributed by atoms with Crippen LogP contribution in [0.15, 0.2) is 36.4 Å². The molecule has 2 aromatic carbocycles. The van der Waals surface area contributed by atoms with Gasteiger partial charge in [0.2, 0.25) is 0 Å². The maximum Gasteiger partial charge on any atom is 0.407 e. The number of thiocarbonyl (C=S) groups is 1. The number of nitrogens with zero attached hydrogens (tertiary/aromatic N) is 3. The fraction of sp³-hybridized carbons (Fsp3) is 0.238. The van der Waals surface area contributed by atoms with Crippen LogP contribution < -0.4 is 15.1 Å². The number of amides is 2. The topological polar surface area (TPSA) is 57.0 Å². The second-order valence-electron chi connectivity index (χ2n) is 7.37. The van der Waals surface area contributed by atoms with Crippen molar-refractivity contribution < 1.29 is 27.2 Å². The molecule has 0 spiro atoms. The molecule has 32 heavy (non-hydrogen) atoms. The molecule has 1 fully saturated rings. The number of hydrogen-bond acceptors (Lipinski definition) is 3. The number of anilines is 2. The Bertz CT molecular complexity index is 1190. The highest BCUT2D eigenvalue weighted by Gasteiger charge is 2.50. The number of hydrogen-bond donors (Lipinski definition) is 1. The van der Waals surface area contributed by atoms with E-state index in [9.17, 15) is 27.2 Å². The molecule has 3 rings (SSSR count). The summed E-state index contributed by atoms with van der Waals surface area (Å²) in [4.78, 5) is 30.0. The van der Waals surface area contributed by atoms with E-state index in [1.54, 1.807) is 0 Å². The van der Waals surface area contributed by atoms with Gasteiger partial charge in [-0.25, -0.2) is 9.24 Å². The Labute approximate surface area is 186 Å². The van der Waals surface area contributed by atoms with Crippen molar-refractivity contribution in [3.63, 3.8) is 0 Å². The van der Waals surface area contributed by atoms with Crippen molar-refractivity contribution in [3.05, 3.63) is 64.8 Å². The Morgan fingerprint density at radius 1 is 1.16 bits per heavy atom. The van der Waals surface area contributed by atoms with Gasteiger partial charge in [0.25, 0.3) is 11.8 Å². The summed E-state index contributed by atoms with van der Waals surface area (Å²) in [5, 5.41) is 2.13. The minimum absolute atomic E-state index is 0.148. The lowest BCUT2D eigenvalue weighted by Crippen LogP contribution is -2.44. The lowest BCUT2D eigenvalue weighted by atomic mass is 10.0. The number of benzene rings is 2. The average molecular weight is 464 g/mol. The molecule has 1 saturated heterocycles. The highest BCUT2D eigenvalue weighted by atomic mass is 32.1. The van der Waals surface area contributed by atoms with Crippen molar-refractivity contribution in [1.82, 2.24) is 5.32 Å². The minimum atomic E-state index is -4.81. The Morgan fingerprint density at radius 3 is 2.31 bits per heavy atom. The van der Waals surface area contributed by atoms with Gasteiger partial charge in [-0.05, 0) is 56.4 Å². The third kappa shape index (κ3) is 3.67. The van der Waals surface area contributed by atoms with Crippen LogP contribution in [-0.4, -0.2) is 29.5 Å². The van der Waals surface area contributed by atoms with E-state index in [4.69, 9.17) is 18.8 Å². The molecule has 1 N–H and O–H groups in total. The SMILES string of the molecule is [C-]#[N+]c1ccc(N2C(=O)C(C)(C)N(c3ccc(C(=O)NC)c(F)c3)C2=S)cc1C(F)(F)F. The van der Waals surface area contributed by atoms with Crippen LogP contribution in [0.4, 0.5) is 34.6 Å². The van der Waals surface area contributed by atoms with Gasteiger partial charge >= 0.3 is 6.18 Å². The van der Waals surface area contributed by atoms with Gasteiger partial charge in [-0.3, -0.25) is 14.5 Å². The van der Waals surface area contributed by atoms with Gasteiger partial charge in [-0.15, -0.1) is 0 Å². The molecule has 1 heterocycles. The van der Waals surface area contributed by atoms with Crippen LogP contribution in [0.5, 0.6) is 0 Å². The monoisotopic (exact) mass is 464 g/mol. The Hall–Kier alpha value is -3.52. The summed E-state index contributed by atoms with van der Waals surface area (Å²) in [5.41, 5.74) is -3.41. The van der Waals surface area contributed by atoms with E-state index in [2.05, 4.69) is 10.2 Å². The number of rotatable bonds is 3. The number of nitrogens with one attached hydrogen (secondary N) is 1. The molecule has 166 valence electrons. The molecular formula is C21H16F4N4O2S. The number of carbonyl (C=O) groups is 2. The van der Waals surface area contributed by atoms with Crippen molar-refractivity contribution in [2.45, 2.75) is 25.6 Å². The van der Waals surface area contributed by atoms with E-state index < -0.39 is 40.6 Å². The van der Waals surface area contributed by atoms with E-state index >= 15 is 0 Å². The van der Waals surface area contributed by atoms with Crippen molar-refractivity contribution in [1.29, 1.82) is 0 Å². The predicted molar refractivity (Wildman–Crippen MR) is 114 cm³/mol. The molecule has 2 amide bonds. The Kier molecular flexibility index (Phi) is 5.69. The summed E-state index contributed by atoms with van der Waals surface area (Å²) in [6.45, 7) is 9.94. The molecule has 6 nitrogen and oxygen atoms in total. The van der Waals surface area contributed by atoms with Gasteiger partial charge in [-0.1, -0.05) is 6.07 Å². The number of carbonyl (C=O) groups excluding carboxylic acids is 2. The van der Waals surface area contributed by atoms with Gasteiger partial charge in [0, 0.05) is 18.4 Å². The first kappa shape index (κ1) is 23.1. The lowest BCUT2D eigenvalue weighted by Gasteiger charge is -2.29. The summed E-state index contributed by atoms with van der Waals surface area (Å²) in [6, 6.07) is 6.49. The molecule has 0 radical (unpaired) electrons. The normalized spacial score (nSPS) is 15.7. The quantitative estimate of drug-likeness (QED) is 0.408. The van der Waals surface area contributed by atoms with Gasteiger partial charge in [0.15, 0.2) is 10.8 Å². The zero-order valence-corrected chi connectivity index (χ0v) is 17.9. The zero-order chi connectivity index (χ0) is 24.0. The molecule has 1 aliphatic heterocycles. The van der Waals surface area contributed by atoms with Crippen molar-refractivity contribution in [3.8, 4) is 0 Å². The van der Waals surface area contributed by atoms with Crippen molar-refractivity contribution in [2.75, 3.05) is 16.8 Å². The Morgan fingerprint density at radius 2 is 1.78 bits per heavy atom. The molecule has 0 bridgehead atoms. The van der Waals surface area contributed by atoms with Crippen molar-refractivity contribution >= 4 is 46.2 Å². The van der Waals surface area contributed by atoms with E-state index in [1.807, 2.05) is 0 Å². The molecule has 0 aliphatic carbocycles. The minimum Gasteiger partial charge on any atom is -0.355 e. The molecule has 0 atom stereocenters. The van der Waals surface area contributed by atoms with Gasteiger partial charge < -0.3 is 10.2 Å². The highest BCUT2D eigenvalue weighted by molar-refractivity contribution is 7.81. The van der Waals surface area contributed by atoms with Crippen LogP contribution in [0, 0.1) is 12.4 Å². The smallest absolute Gasteiger partial charge is 0.355 e. The largest absolute Gasteiger partial charge is 0.407 e. The number of alkyl halides is 3. The maximum absolute atomic E-state index is 14.5. The lowest BCUT2D eigenvalue weighted by molar-refractivity contribution is -0.136. The predicted octanol–water partition coefficient (Wildman–Crippen LogP) is 4.67. The van der Waals surface area contributed by atoms with Gasteiger partial charge in [0.1, 0.15) is 11.4 Å². The number of halogens is 4. The second kappa shape index (κ2) is 7.87. The third-order valence-electron chi connectivity index (χ3n) is 5.01. The fourth-order valence-electron chi connectivity index (χ4n) is 3.41. The molecule has 11 heteroatoms. The molecule has 2 aromatic rings. The van der Waals surface area contributed by atoms with E-state index in [-0.39, 0.29) is 22.1 Å². The molecule has 0 saturated carbocycles. The first-order valence-electron chi connectivity index (χ1n) is 9.13. The summed E-state index contributed by atoms with van der Waals surface area (Å²) < 4.78 is 54.7. The van der Waals surface area contributed by atoms with Crippen LogP contribution >= 0.6 is 12.2 Å². The van der Waals surface area contributed by atoms with E-state index in [0.717, 1.165) is 17.0 Å². The third-order valence-corrected chi connectivity index (χ3v) is 5.38. The highest BCUT2D eigenvalue weighted by Crippen LogP contribution is 2.42. The van der Waals surface area contributed by atoms with Gasteiger partial charge in [0.05, 0.1) is 17.7 Å². The first-order valence-corrected chi connectivity index (χ1v) is 9.54. The summed E-state index contributed by atoms with van der Waals surface area (Å²) in [6.07, 6.45) is -4.81. The summed E-state index contributed by atoms with van der Waals surface area (Å²) in [7, 11) is 1.35. The van der Waals surface area contributed by atoms with E-state index in [1.165, 1.54) is 44.0 Å². The fourth-order valence-corrected chi connectivity index (χ4v) is 3.93.